The summed E-state index contributed by atoms with van der Waals surface area (Å²) < 4.78 is 4.95. The second-order valence-corrected chi connectivity index (χ2v) is 6.00. The Morgan fingerprint density at radius 1 is 1.20 bits per heavy atom. The first kappa shape index (κ1) is 15.0. The first-order chi connectivity index (χ1) is 9.61. The van der Waals surface area contributed by atoms with Gasteiger partial charge in [0.1, 0.15) is 6.04 Å². The lowest BCUT2D eigenvalue weighted by molar-refractivity contribution is -0.143. The summed E-state index contributed by atoms with van der Waals surface area (Å²) in [5, 5.41) is 3.50. The number of carbonyl (C=O) groups excluding carboxylic acids is 1. The molecule has 0 amide bonds. The average Bonchev–Trinajstić information content (AvgIpc) is 2.48. The molecule has 0 radical (unpaired) electrons. The maximum atomic E-state index is 12.0. The molecule has 1 fully saturated rings. The van der Waals surface area contributed by atoms with Crippen LogP contribution in [0.5, 0.6) is 0 Å². The summed E-state index contributed by atoms with van der Waals surface area (Å²) in [5.74, 6) is 1.28. The summed E-state index contributed by atoms with van der Waals surface area (Å²) >= 11 is 0. The summed E-state index contributed by atoms with van der Waals surface area (Å²) in [6, 6.07) is 9.86. The SMILES string of the molecule is COC(=O)C(NC1CCC(C)C(C)C1)c1ccccc1. The highest BCUT2D eigenvalue weighted by Crippen LogP contribution is 2.30. The van der Waals surface area contributed by atoms with Gasteiger partial charge in [0.15, 0.2) is 0 Å². The minimum Gasteiger partial charge on any atom is -0.468 e. The van der Waals surface area contributed by atoms with Crippen LogP contribution in [0, 0.1) is 11.8 Å². The van der Waals surface area contributed by atoms with E-state index in [1.165, 1.54) is 13.5 Å². The van der Waals surface area contributed by atoms with Crippen molar-refractivity contribution in [2.75, 3.05) is 7.11 Å². The number of rotatable bonds is 4. The highest BCUT2D eigenvalue weighted by Gasteiger charge is 2.29. The van der Waals surface area contributed by atoms with Gasteiger partial charge < -0.3 is 4.74 Å². The highest BCUT2D eigenvalue weighted by molar-refractivity contribution is 5.77. The molecule has 1 saturated carbocycles. The van der Waals surface area contributed by atoms with E-state index in [4.69, 9.17) is 4.74 Å². The second-order valence-electron chi connectivity index (χ2n) is 6.00. The smallest absolute Gasteiger partial charge is 0.327 e. The third-order valence-electron chi connectivity index (χ3n) is 4.57. The van der Waals surface area contributed by atoms with Crippen molar-refractivity contribution in [3.63, 3.8) is 0 Å². The van der Waals surface area contributed by atoms with Crippen molar-refractivity contribution in [3.05, 3.63) is 35.9 Å². The summed E-state index contributed by atoms with van der Waals surface area (Å²) in [4.78, 5) is 12.0. The van der Waals surface area contributed by atoms with E-state index in [0.717, 1.165) is 24.3 Å². The summed E-state index contributed by atoms with van der Waals surface area (Å²) in [6.07, 6.45) is 3.48. The van der Waals surface area contributed by atoms with Gasteiger partial charge in [0.25, 0.3) is 0 Å². The van der Waals surface area contributed by atoms with E-state index >= 15 is 0 Å². The average molecular weight is 275 g/mol. The Labute approximate surface area is 121 Å². The Morgan fingerprint density at radius 3 is 2.50 bits per heavy atom. The second kappa shape index (κ2) is 6.89. The fourth-order valence-electron chi connectivity index (χ4n) is 3.00. The van der Waals surface area contributed by atoms with Gasteiger partial charge >= 0.3 is 5.97 Å². The largest absolute Gasteiger partial charge is 0.468 e. The molecular formula is C17H25NO2. The van der Waals surface area contributed by atoms with E-state index in [1.54, 1.807) is 0 Å². The van der Waals surface area contributed by atoms with Gasteiger partial charge in [-0.05, 0) is 36.7 Å². The van der Waals surface area contributed by atoms with Gasteiger partial charge in [-0.1, -0.05) is 44.2 Å². The quantitative estimate of drug-likeness (QED) is 0.857. The number of esters is 1. The van der Waals surface area contributed by atoms with E-state index in [9.17, 15) is 4.79 Å². The van der Waals surface area contributed by atoms with Crippen LogP contribution in [0.25, 0.3) is 0 Å². The molecule has 0 bridgehead atoms. The summed E-state index contributed by atoms with van der Waals surface area (Å²) in [5.41, 5.74) is 0.977. The molecule has 4 unspecified atom stereocenters. The third kappa shape index (κ3) is 3.60. The first-order valence-electron chi connectivity index (χ1n) is 7.50. The zero-order chi connectivity index (χ0) is 14.5. The van der Waals surface area contributed by atoms with Crippen LogP contribution >= 0.6 is 0 Å². The predicted octanol–water partition coefficient (Wildman–Crippen LogP) is 3.32. The van der Waals surface area contributed by atoms with E-state index in [1.807, 2.05) is 30.3 Å². The number of methoxy groups -OCH3 is 1. The van der Waals surface area contributed by atoms with Crippen molar-refractivity contribution in [3.8, 4) is 0 Å². The van der Waals surface area contributed by atoms with Crippen molar-refractivity contribution >= 4 is 5.97 Å². The van der Waals surface area contributed by atoms with Crippen LogP contribution < -0.4 is 5.32 Å². The molecule has 0 spiro atoms. The molecule has 0 saturated heterocycles. The van der Waals surface area contributed by atoms with Crippen LogP contribution in [-0.2, 0) is 9.53 Å². The van der Waals surface area contributed by atoms with Crippen molar-refractivity contribution < 1.29 is 9.53 Å². The molecule has 0 aliphatic heterocycles. The fourth-order valence-corrected chi connectivity index (χ4v) is 3.00. The lowest BCUT2D eigenvalue weighted by Gasteiger charge is -2.34. The minimum absolute atomic E-state index is 0.206. The topological polar surface area (TPSA) is 38.3 Å². The molecule has 1 aliphatic rings. The number of hydrogen-bond acceptors (Lipinski definition) is 3. The van der Waals surface area contributed by atoms with Gasteiger partial charge in [-0.25, -0.2) is 4.79 Å². The standard InChI is InChI=1S/C17H25NO2/c1-12-9-10-15(11-13(12)2)18-16(17(19)20-3)14-7-5-4-6-8-14/h4-8,12-13,15-16,18H,9-11H2,1-3H3. The van der Waals surface area contributed by atoms with Crippen LogP contribution in [0.2, 0.25) is 0 Å². The van der Waals surface area contributed by atoms with Crippen LogP contribution in [0.1, 0.15) is 44.7 Å². The van der Waals surface area contributed by atoms with Gasteiger partial charge in [-0.15, -0.1) is 0 Å². The number of ether oxygens (including phenoxy) is 1. The molecule has 3 heteroatoms. The number of benzene rings is 1. The molecule has 20 heavy (non-hydrogen) atoms. The van der Waals surface area contributed by atoms with Crippen LogP contribution in [0.3, 0.4) is 0 Å². The van der Waals surface area contributed by atoms with Crippen molar-refractivity contribution in [1.82, 2.24) is 5.32 Å². The van der Waals surface area contributed by atoms with Crippen LogP contribution in [0.15, 0.2) is 30.3 Å². The molecule has 1 aliphatic carbocycles. The third-order valence-corrected chi connectivity index (χ3v) is 4.57. The Balaban J connectivity index is 2.07. The molecule has 110 valence electrons. The van der Waals surface area contributed by atoms with E-state index in [2.05, 4.69) is 19.2 Å². The predicted molar refractivity (Wildman–Crippen MR) is 80.3 cm³/mol. The highest BCUT2D eigenvalue weighted by atomic mass is 16.5. The molecule has 2 rings (SSSR count). The molecule has 1 N–H and O–H groups in total. The van der Waals surface area contributed by atoms with E-state index < -0.39 is 0 Å². The Hall–Kier alpha value is -1.35. The molecule has 0 aromatic heterocycles. The van der Waals surface area contributed by atoms with Gasteiger partial charge in [-0.2, -0.15) is 0 Å². The number of carbonyl (C=O) groups is 1. The molecule has 0 heterocycles. The molecule has 3 nitrogen and oxygen atoms in total. The Bertz CT molecular complexity index is 432. The number of nitrogens with one attached hydrogen (secondary N) is 1. The van der Waals surface area contributed by atoms with Gasteiger partial charge in [0.2, 0.25) is 0 Å². The minimum atomic E-state index is -0.355. The molecule has 1 aromatic carbocycles. The lowest BCUT2D eigenvalue weighted by atomic mass is 9.79. The molecule has 4 atom stereocenters. The molecular weight excluding hydrogens is 250 g/mol. The summed E-state index contributed by atoms with van der Waals surface area (Å²) in [7, 11) is 1.45. The van der Waals surface area contributed by atoms with Gasteiger partial charge in [0.05, 0.1) is 7.11 Å². The lowest BCUT2D eigenvalue weighted by Crippen LogP contribution is -2.41. The van der Waals surface area contributed by atoms with E-state index in [0.29, 0.717) is 12.0 Å². The van der Waals surface area contributed by atoms with Crippen LogP contribution in [-0.4, -0.2) is 19.1 Å². The first-order valence-corrected chi connectivity index (χ1v) is 7.50. The normalized spacial score (nSPS) is 27.9. The van der Waals surface area contributed by atoms with Crippen molar-refractivity contribution in [2.45, 2.75) is 45.2 Å². The van der Waals surface area contributed by atoms with Crippen molar-refractivity contribution in [2.24, 2.45) is 11.8 Å². The maximum absolute atomic E-state index is 12.0. The number of hydrogen-bond donors (Lipinski definition) is 1. The Kier molecular flexibility index (Phi) is 5.18. The fraction of sp³-hybridized carbons (Fsp3) is 0.588. The maximum Gasteiger partial charge on any atom is 0.327 e. The van der Waals surface area contributed by atoms with Crippen LogP contribution in [0.4, 0.5) is 0 Å². The Morgan fingerprint density at radius 2 is 1.90 bits per heavy atom. The molecule has 1 aromatic rings. The van der Waals surface area contributed by atoms with Gasteiger partial charge in [-0.3, -0.25) is 5.32 Å². The van der Waals surface area contributed by atoms with Gasteiger partial charge in [0, 0.05) is 6.04 Å². The zero-order valence-corrected chi connectivity index (χ0v) is 12.6. The van der Waals surface area contributed by atoms with E-state index in [-0.39, 0.29) is 12.0 Å². The van der Waals surface area contributed by atoms with Crippen molar-refractivity contribution in [1.29, 1.82) is 0 Å². The summed E-state index contributed by atoms with van der Waals surface area (Å²) in [6.45, 7) is 4.62. The zero-order valence-electron chi connectivity index (χ0n) is 12.6. The monoisotopic (exact) mass is 275 g/mol.